The summed E-state index contributed by atoms with van der Waals surface area (Å²) in [5, 5.41) is 0.545. The second kappa shape index (κ2) is 7.10. The van der Waals surface area contributed by atoms with Gasteiger partial charge in [-0.1, -0.05) is 17.7 Å². The molecule has 0 saturated carbocycles. The van der Waals surface area contributed by atoms with E-state index in [1.807, 2.05) is 0 Å². The smallest absolute Gasteiger partial charge is 0.305 e. The zero-order valence-electron chi connectivity index (χ0n) is 10.6. The Morgan fingerprint density at radius 1 is 1.24 bits per heavy atom. The van der Waals surface area contributed by atoms with Crippen LogP contribution in [0.5, 0.6) is 0 Å². The van der Waals surface area contributed by atoms with Gasteiger partial charge in [-0.15, -0.1) is 0 Å². The maximum atomic E-state index is 11.6. The standard InChI is InChI=1S/C14H10BrClN2O3/c15-10-5-3-9(8-11(10)16)4-6-13(19)17-18-14(20)12-2-1-7-21-12/h1-8H,(H,17,19)(H,18,20)/b6-4+. The van der Waals surface area contributed by atoms with Gasteiger partial charge in [0.1, 0.15) is 0 Å². The van der Waals surface area contributed by atoms with Crippen LogP contribution < -0.4 is 10.9 Å². The molecule has 0 bridgehead atoms. The number of carbonyl (C=O) groups is 2. The highest BCUT2D eigenvalue weighted by molar-refractivity contribution is 9.10. The monoisotopic (exact) mass is 368 g/mol. The molecule has 2 rings (SSSR count). The van der Waals surface area contributed by atoms with Gasteiger partial charge in [-0.25, -0.2) is 0 Å². The number of carbonyl (C=O) groups excluding carboxylic acids is 2. The highest BCUT2D eigenvalue weighted by atomic mass is 79.9. The van der Waals surface area contributed by atoms with Crippen LogP contribution in [-0.2, 0) is 4.79 Å². The highest BCUT2D eigenvalue weighted by Crippen LogP contribution is 2.23. The number of rotatable bonds is 3. The van der Waals surface area contributed by atoms with Crippen LogP contribution >= 0.6 is 27.5 Å². The second-order valence-corrected chi connectivity index (χ2v) is 5.19. The van der Waals surface area contributed by atoms with Crippen LogP contribution in [0.15, 0.2) is 51.6 Å². The van der Waals surface area contributed by atoms with Gasteiger partial charge in [0.25, 0.3) is 5.91 Å². The molecule has 0 unspecified atom stereocenters. The lowest BCUT2D eigenvalue weighted by Gasteiger charge is -2.02. The first-order valence-corrected chi connectivity index (χ1v) is 7.00. The summed E-state index contributed by atoms with van der Waals surface area (Å²) >= 11 is 9.22. The second-order valence-electron chi connectivity index (χ2n) is 3.93. The Balaban J connectivity index is 1.88. The van der Waals surface area contributed by atoms with E-state index < -0.39 is 11.8 Å². The Kier molecular flexibility index (Phi) is 5.19. The fourth-order valence-electron chi connectivity index (χ4n) is 1.42. The topological polar surface area (TPSA) is 71.3 Å². The molecule has 5 nitrogen and oxygen atoms in total. The quantitative estimate of drug-likeness (QED) is 0.645. The summed E-state index contributed by atoms with van der Waals surface area (Å²) < 4.78 is 5.66. The molecule has 2 aromatic rings. The Labute approximate surface area is 134 Å². The first kappa shape index (κ1) is 15.3. The molecule has 0 spiro atoms. The lowest BCUT2D eigenvalue weighted by atomic mass is 10.2. The van der Waals surface area contributed by atoms with Crippen molar-refractivity contribution < 1.29 is 14.0 Å². The van der Waals surface area contributed by atoms with Crippen LogP contribution in [0.3, 0.4) is 0 Å². The molecule has 0 atom stereocenters. The van der Waals surface area contributed by atoms with E-state index in [2.05, 4.69) is 26.8 Å². The summed E-state index contributed by atoms with van der Waals surface area (Å²) in [6, 6.07) is 8.34. The predicted octanol–water partition coefficient (Wildman–Crippen LogP) is 3.17. The van der Waals surface area contributed by atoms with Gasteiger partial charge < -0.3 is 4.42 Å². The van der Waals surface area contributed by atoms with Crippen molar-refractivity contribution in [2.75, 3.05) is 0 Å². The van der Waals surface area contributed by atoms with Gasteiger partial charge in [0.15, 0.2) is 5.76 Å². The van der Waals surface area contributed by atoms with Gasteiger partial charge in [0, 0.05) is 10.5 Å². The minimum atomic E-state index is -0.534. The molecule has 0 fully saturated rings. The predicted molar refractivity (Wildman–Crippen MR) is 82.5 cm³/mol. The zero-order chi connectivity index (χ0) is 15.2. The number of furan rings is 1. The summed E-state index contributed by atoms with van der Waals surface area (Å²) in [6.07, 6.45) is 4.22. The summed E-state index contributed by atoms with van der Waals surface area (Å²) in [7, 11) is 0. The molecule has 21 heavy (non-hydrogen) atoms. The Morgan fingerprint density at radius 3 is 2.71 bits per heavy atom. The molecule has 0 aliphatic carbocycles. The molecular weight excluding hydrogens is 360 g/mol. The van der Waals surface area contributed by atoms with E-state index in [1.165, 1.54) is 18.4 Å². The van der Waals surface area contributed by atoms with Crippen molar-refractivity contribution in [3.63, 3.8) is 0 Å². The van der Waals surface area contributed by atoms with Gasteiger partial charge in [-0.3, -0.25) is 20.4 Å². The number of amides is 2. The van der Waals surface area contributed by atoms with Crippen molar-refractivity contribution in [1.29, 1.82) is 0 Å². The molecule has 2 amide bonds. The largest absolute Gasteiger partial charge is 0.459 e. The Bertz CT molecular complexity index is 684. The van der Waals surface area contributed by atoms with Crippen molar-refractivity contribution in [3.05, 3.63) is 63.5 Å². The van der Waals surface area contributed by atoms with E-state index in [0.29, 0.717) is 5.02 Å². The SMILES string of the molecule is O=C(/C=C/c1ccc(Br)c(Cl)c1)NNC(=O)c1ccco1. The molecule has 0 radical (unpaired) electrons. The average Bonchev–Trinajstić information content (AvgIpc) is 3.00. The van der Waals surface area contributed by atoms with Gasteiger partial charge >= 0.3 is 5.91 Å². The van der Waals surface area contributed by atoms with Crippen molar-refractivity contribution in [3.8, 4) is 0 Å². The Morgan fingerprint density at radius 2 is 2.05 bits per heavy atom. The molecule has 1 aromatic carbocycles. The van der Waals surface area contributed by atoms with E-state index >= 15 is 0 Å². The van der Waals surface area contributed by atoms with Crippen LogP contribution in [0.1, 0.15) is 16.1 Å². The number of benzene rings is 1. The third kappa shape index (κ3) is 4.47. The highest BCUT2D eigenvalue weighted by Gasteiger charge is 2.08. The third-order valence-electron chi connectivity index (χ3n) is 2.42. The lowest BCUT2D eigenvalue weighted by Crippen LogP contribution is -2.40. The summed E-state index contributed by atoms with van der Waals surface area (Å²) in [4.78, 5) is 23.1. The zero-order valence-corrected chi connectivity index (χ0v) is 12.9. The van der Waals surface area contributed by atoms with E-state index in [-0.39, 0.29) is 5.76 Å². The molecule has 0 aliphatic rings. The van der Waals surface area contributed by atoms with E-state index in [0.717, 1.165) is 10.0 Å². The van der Waals surface area contributed by atoms with Gasteiger partial charge in [-0.05, 0) is 51.8 Å². The first-order chi connectivity index (χ1) is 10.1. The lowest BCUT2D eigenvalue weighted by molar-refractivity contribution is -0.117. The minimum Gasteiger partial charge on any atom is -0.459 e. The van der Waals surface area contributed by atoms with Crippen LogP contribution in [0, 0.1) is 0 Å². The van der Waals surface area contributed by atoms with Gasteiger partial charge in [0.2, 0.25) is 0 Å². The number of hydrogen-bond acceptors (Lipinski definition) is 3. The molecule has 1 heterocycles. The molecule has 2 N–H and O–H groups in total. The molecule has 0 saturated heterocycles. The summed E-state index contributed by atoms with van der Waals surface area (Å²) in [5.74, 6) is -0.902. The molecular formula is C14H10BrClN2O3. The Hall–Kier alpha value is -2.05. The number of hydrogen-bond donors (Lipinski definition) is 2. The molecule has 108 valence electrons. The van der Waals surface area contributed by atoms with Crippen molar-refractivity contribution in [2.24, 2.45) is 0 Å². The minimum absolute atomic E-state index is 0.110. The molecule has 0 aliphatic heterocycles. The summed E-state index contributed by atoms with van der Waals surface area (Å²) in [5.41, 5.74) is 5.22. The van der Waals surface area contributed by atoms with Crippen molar-refractivity contribution >= 4 is 45.4 Å². The average molecular weight is 370 g/mol. The van der Waals surface area contributed by atoms with E-state index in [9.17, 15) is 9.59 Å². The summed E-state index contributed by atoms with van der Waals surface area (Å²) in [6.45, 7) is 0. The molecule has 7 heteroatoms. The fourth-order valence-corrected chi connectivity index (χ4v) is 1.85. The van der Waals surface area contributed by atoms with Gasteiger partial charge in [-0.2, -0.15) is 0 Å². The fraction of sp³-hybridized carbons (Fsp3) is 0. The maximum absolute atomic E-state index is 11.6. The van der Waals surface area contributed by atoms with Crippen LogP contribution in [0.25, 0.3) is 6.08 Å². The third-order valence-corrected chi connectivity index (χ3v) is 3.65. The van der Waals surface area contributed by atoms with E-state index in [4.69, 9.17) is 16.0 Å². The first-order valence-electron chi connectivity index (χ1n) is 5.83. The molecule has 1 aromatic heterocycles. The number of halogens is 2. The van der Waals surface area contributed by atoms with Gasteiger partial charge in [0.05, 0.1) is 11.3 Å². The van der Waals surface area contributed by atoms with Crippen LogP contribution in [0.4, 0.5) is 0 Å². The normalized spacial score (nSPS) is 10.6. The van der Waals surface area contributed by atoms with Crippen LogP contribution in [0.2, 0.25) is 5.02 Å². The van der Waals surface area contributed by atoms with Crippen molar-refractivity contribution in [1.82, 2.24) is 10.9 Å². The van der Waals surface area contributed by atoms with Crippen molar-refractivity contribution in [2.45, 2.75) is 0 Å². The van der Waals surface area contributed by atoms with Crippen LogP contribution in [-0.4, -0.2) is 11.8 Å². The van der Waals surface area contributed by atoms with E-state index in [1.54, 1.807) is 30.3 Å². The number of nitrogens with one attached hydrogen (secondary N) is 2. The maximum Gasteiger partial charge on any atom is 0.305 e. The number of hydrazine groups is 1.